The van der Waals surface area contributed by atoms with Gasteiger partial charge in [-0.15, -0.1) is 11.3 Å². The van der Waals surface area contributed by atoms with Gasteiger partial charge in [0.15, 0.2) is 0 Å². The summed E-state index contributed by atoms with van der Waals surface area (Å²) in [6.45, 7) is 0. The van der Waals surface area contributed by atoms with Gasteiger partial charge in [-0.2, -0.15) is 0 Å². The zero-order valence-electron chi connectivity index (χ0n) is 32.0. The van der Waals surface area contributed by atoms with Crippen LogP contribution in [-0.2, 0) is 0 Å². The van der Waals surface area contributed by atoms with E-state index in [-0.39, 0.29) is 0 Å². The summed E-state index contributed by atoms with van der Waals surface area (Å²) in [6.07, 6.45) is 0. The van der Waals surface area contributed by atoms with Gasteiger partial charge in [-0.3, -0.25) is 0 Å². The fourth-order valence-corrected chi connectivity index (χ4v) is 9.52. The second-order valence-corrected chi connectivity index (χ2v) is 15.7. The number of fused-ring (bicyclic) bond motifs is 6. The highest BCUT2D eigenvalue weighted by molar-refractivity contribution is 7.26. The van der Waals surface area contributed by atoms with Crippen LogP contribution in [-0.4, -0.2) is 0 Å². The first kappa shape index (κ1) is 34.6. The summed E-state index contributed by atoms with van der Waals surface area (Å²) in [5, 5.41) is 4.60. The first-order valence-corrected chi connectivity index (χ1v) is 20.7. The first-order chi connectivity index (χ1) is 29.3. The highest BCUT2D eigenvalue weighted by atomic mass is 32.1. The lowest BCUT2D eigenvalue weighted by molar-refractivity contribution is 0.669. The molecule has 5 heteroatoms. The molecular formula is C54H37N3OS. The van der Waals surface area contributed by atoms with E-state index in [0.717, 1.165) is 73.1 Å². The molecule has 59 heavy (non-hydrogen) atoms. The van der Waals surface area contributed by atoms with Crippen molar-refractivity contribution >= 4 is 105 Å². The van der Waals surface area contributed by atoms with Gasteiger partial charge in [0.25, 0.3) is 0 Å². The van der Waals surface area contributed by atoms with E-state index in [2.05, 4.69) is 239 Å². The third-order valence-electron chi connectivity index (χ3n) is 11.0. The van der Waals surface area contributed by atoms with Crippen molar-refractivity contribution in [1.29, 1.82) is 0 Å². The number of hydrogen-bond acceptors (Lipinski definition) is 5. The van der Waals surface area contributed by atoms with E-state index in [0.29, 0.717) is 0 Å². The third kappa shape index (κ3) is 6.25. The highest BCUT2D eigenvalue weighted by Crippen LogP contribution is 2.49. The number of thiophene rings is 1. The average molecular weight is 776 g/mol. The van der Waals surface area contributed by atoms with Crippen molar-refractivity contribution in [3.63, 3.8) is 0 Å². The van der Waals surface area contributed by atoms with Crippen LogP contribution < -0.4 is 14.7 Å². The number of hydrogen-bond donors (Lipinski definition) is 0. The van der Waals surface area contributed by atoms with Crippen molar-refractivity contribution in [2.24, 2.45) is 0 Å². The quantitative estimate of drug-likeness (QED) is 0.146. The molecule has 280 valence electrons. The predicted molar refractivity (Wildman–Crippen MR) is 251 cm³/mol. The zero-order chi connectivity index (χ0) is 39.1. The number of anilines is 9. The highest BCUT2D eigenvalue weighted by Gasteiger charge is 2.24. The molecule has 0 atom stereocenters. The summed E-state index contributed by atoms with van der Waals surface area (Å²) >= 11 is 1.84. The van der Waals surface area contributed by atoms with E-state index in [1.54, 1.807) is 0 Å². The number of para-hydroxylation sites is 5. The van der Waals surface area contributed by atoms with Crippen molar-refractivity contribution in [2.75, 3.05) is 14.7 Å². The SMILES string of the molecule is c1ccc(N(c2ccccc2)c2ccc3oc4ccc(N(c5ccccc5)c5cc(N(c6ccccc6)c6ccccc6)c6c(c5)sc5ccccc56)cc4c3c2)cc1. The number of nitrogens with zero attached hydrogens (tertiary/aromatic N) is 3. The summed E-state index contributed by atoms with van der Waals surface area (Å²) < 4.78 is 9.02. The molecule has 9 aromatic carbocycles. The molecule has 0 saturated carbocycles. The molecule has 0 unspecified atom stereocenters. The predicted octanol–water partition coefficient (Wildman–Crippen LogP) is 16.4. The van der Waals surface area contributed by atoms with E-state index in [4.69, 9.17) is 4.42 Å². The van der Waals surface area contributed by atoms with Crippen LogP contribution in [0.2, 0.25) is 0 Å². The minimum atomic E-state index is 0.847. The van der Waals surface area contributed by atoms with Gasteiger partial charge in [-0.25, -0.2) is 0 Å². The van der Waals surface area contributed by atoms with Gasteiger partial charge in [-0.1, -0.05) is 109 Å². The van der Waals surface area contributed by atoms with Gasteiger partial charge >= 0.3 is 0 Å². The molecular weight excluding hydrogens is 739 g/mol. The monoisotopic (exact) mass is 775 g/mol. The smallest absolute Gasteiger partial charge is 0.135 e. The fraction of sp³-hybridized carbons (Fsp3) is 0. The normalized spacial score (nSPS) is 11.4. The maximum atomic E-state index is 6.54. The summed E-state index contributed by atoms with van der Waals surface area (Å²) in [4.78, 5) is 7.07. The van der Waals surface area contributed by atoms with Gasteiger partial charge in [0.2, 0.25) is 0 Å². The fourth-order valence-electron chi connectivity index (χ4n) is 8.36. The maximum Gasteiger partial charge on any atom is 0.135 e. The zero-order valence-corrected chi connectivity index (χ0v) is 32.8. The number of furan rings is 1. The van der Waals surface area contributed by atoms with Crippen molar-refractivity contribution in [3.05, 3.63) is 224 Å². The Kier molecular flexibility index (Phi) is 8.64. The Balaban J connectivity index is 1.13. The standard InChI is InChI=1S/C54H37N3OS/c1-6-18-38(19-7-1)55(39-20-8-2-9-21-39)43-30-32-50-47(34-43)48-35-44(31-33-51(48)58-50)56(40-22-10-3-11-23-40)45-36-49(54-46-28-16-17-29-52(46)59-53(54)37-45)57(41-24-12-4-13-25-41)42-26-14-5-15-27-42/h1-37H. The Morgan fingerprint density at radius 1 is 0.288 bits per heavy atom. The summed E-state index contributed by atoms with van der Waals surface area (Å²) in [7, 11) is 0. The first-order valence-electron chi connectivity index (χ1n) is 19.8. The molecule has 0 saturated heterocycles. The Morgan fingerprint density at radius 3 is 1.17 bits per heavy atom. The van der Waals surface area contributed by atoms with Gasteiger partial charge in [0.05, 0.1) is 5.69 Å². The number of benzene rings is 9. The van der Waals surface area contributed by atoms with Crippen molar-refractivity contribution < 1.29 is 4.42 Å². The second-order valence-electron chi connectivity index (χ2n) is 14.6. The van der Waals surface area contributed by atoms with E-state index in [9.17, 15) is 0 Å². The van der Waals surface area contributed by atoms with Crippen LogP contribution in [0.3, 0.4) is 0 Å². The van der Waals surface area contributed by atoms with Crippen LogP contribution in [0.5, 0.6) is 0 Å². The van der Waals surface area contributed by atoms with Crippen molar-refractivity contribution in [2.45, 2.75) is 0 Å². The molecule has 0 aliphatic carbocycles. The Hall–Kier alpha value is -7.60. The lowest BCUT2D eigenvalue weighted by Crippen LogP contribution is -2.13. The summed E-state index contributed by atoms with van der Waals surface area (Å²) in [5.41, 5.74) is 11.4. The van der Waals surface area contributed by atoms with Crippen LogP contribution in [0.4, 0.5) is 51.2 Å². The van der Waals surface area contributed by atoms with E-state index in [1.807, 2.05) is 11.3 Å². The van der Waals surface area contributed by atoms with Crippen molar-refractivity contribution in [3.8, 4) is 0 Å². The lowest BCUT2D eigenvalue weighted by atomic mass is 10.0. The molecule has 2 heterocycles. The van der Waals surface area contributed by atoms with Crippen LogP contribution >= 0.6 is 11.3 Å². The van der Waals surface area contributed by atoms with Gasteiger partial charge in [-0.05, 0) is 115 Å². The molecule has 0 fully saturated rings. The average Bonchev–Trinajstić information content (AvgIpc) is 3.86. The van der Waals surface area contributed by atoms with Gasteiger partial charge < -0.3 is 19.1 Å². The topological polar surface area (TPSA) is 22.9 Å². The lowest BCUT2D eigenvalue weighted by Gasteiger charge is -2.30. The molecule has 11 rings (SSSR count). The number of rotatable bonds is 9. The molecule has 0 aliphatic rings. The molecule has 0 amide bonds. The molecule has 4 nitrogen and oxygen atoms in total. The third-order valence-corrected chi connectivity index (χ3v) is 12.1. The van der Waals surface area contributed by atoms with Crippen LogP contribution in [0, 0.1) is 0 Å². The Bertz CT molecular complexity index is 3140. The molecule has 0 N–H and O–H groups in total. The van der Waals surface area contributed by atoms with Gasteiger partial charge in [0.1, 0.15) is 11.2 Å². The van der Waals surface area contributed by atoms with E-state index >= 15 is 0 Å². The van der Waals surface area contributed by atoms with E-state index in [1.165, 1.54) is 20.2 Å². The molecule has 2 aromatic heterocycles. The molecule has 11 aromatic rings. The van der Waals surface area contributed by atoms with E-state index < -0.39 is 0 Å². The second kappa shape index (κ2) is 14.7. The molecule has 0 radical (unpaired) electrons. The van der Waals surface area contributed by atoms with Crippen LogP contribution in [0.1, 0.15) is 0 Å². The summed E-state index contributed by atoms with van der Waals surface area (Å²) in [6, 6.07) is 79.7. The molecule has 0 spiro atoms. The van der Waals surface area contributed by atoms with Gasteiger partial charge in [0, 0.05) is 76.4 Å². The van der Waals surface area contributed by atoms with Crippen LogP contribution in [0.15, 0.2) is 229 Å². The van der Waals surface area contributed by atoms with Crippen molar-refractivity contribution in [1.82, 2.24) is 0 Å². The molecule has 0 aliphatic heterocycles. The minimum Gasteiger partial charge on any atom is -0.456 e. The Labute approximate surface area is 346 Å². The van der Waals surface area contributed by atoms with Crippen LogP contribution in [0.25, 0.3) is 42.1 Å². The maximum absolute atomic E-state index is 6.54. The largest absolute Gasteiger partial charge is 0.456 e. The molecule has 0 bridgehead atoms. The Morgan fingerprint density at radius 2 is 0.695 bits per heavy atom. The summed E-state index contributed by atoms with van der Waals surface area (Å²) in [5.74, 6) is 0. The minimum absolute atomic E-state index is 0.847.